The number of aldehydes is 1. The summed E-state index contributed by atoms with van der Waals surface area (Å²) in [6, 6.07) is 2.90. The molecule has 8 heteroatoms. The lowest BCUT2D eigenvalue weighted by Gasteiger charge is -2.32. The highest BCUT2D eigenvalue weighted by Gasteiger charge is 2.33. The maximum atomic E-state index is 13.2. The van der Waals surface area contributed by atoms with E-state index in [1.165, 1.54) is 12.1 Å². The maximum absolute atomic E-state index is 13.2. The summed E-state index contributed by atoms with van der Waals surface area (Å²) in [7, 11) is 1.87. The lowest BCUT2D eigenvalue weighted by Crippen LogP contribution is -2.32. The Labute approximate surface area is 163 Å². The molecule has 27 heavy (non-hydrogen) atoms. The van der Waals surface area contributed by atoms with Gasteiger partial charge in [-0.2, -0.15) is 5.10 Å². The minimum absolute atomic E-state index is 0.268. The summed E-state index contributed by atoms with van der Waals surface area (Å²) in [5.41, 5.74) is 14.7. The molecule has 1 aromatic heterocycles. The first-order valence-electron chi connectivity index (χ1n) is 9.00. The average molecular weight is 394 g/mol. The molecule has 0 fully saturated rings. The van der Waals surface area contributed by atoms with E-state index >= 15 is 0 Å². The summed E-state index contributed by atoms with van der Waals surface area (Å²) in [6.07, 6.45) is 4.41. The van der Waals surface area contributed by atoms with Crippen LogP contribution >= 0.6 is 11.6 Å². The van der Waals surface area contributed by atoms with Gasteiger partial charge >= 0.3 is 0 Å². The zero-order chi connectivity index (χ0) is 19.8. The zero-order valence-electron chi connectivity index (χ0n) is 15.6. The Morgan fingerprint density at radius 3 is 2.93 bits per heavy atom. The van der Waals surface area contributed by atoms with Crippen LogP contribution in [-0.4, -0.2) is 28.7 Å². The molecule has 2 aromatic rings. The first-order chi connectivity index (χ1) is 12.7. The van der Waals surface area contributed by atoms with Crippen LogP contribution < -0.4 is 16.8 Å². The highest BCUT2D eigenvalue weighted by atomic mass is 35.5. The van der Waals surface area contributed by atoms with Crippen LogP contribution in [0.4, 0.5) is 15.9 Å². The van der Waals surface area contributed by atoms with Crippen molar-refractivity contribution in [1.82, 2.24) is 9.78 Å². The van der Waals surface area contributed by atoms with Crippen molar-refractivity contribution in [1.29, 1.82) is 0 Å². The number of rotatable bonds is 1. The van der Waals surface area contributed by atoms with Gasteiger partial charge in [-0.1, -0.05) is 11.6 Å². The average Bonchev–Trinajstić information content (AvgIpc) is 2.91. The predicted molar refractivity (Wildman–Crippen MR) is 106 cm³/mol. The molecular formula is C19H25ClFN5O. The van der Waals surface area contributed by atoms with Crippen LogP contribution in [0.25, 0.3) is 0 Å². The fourth-order valence-corrected chi connectivity index (χ4v) is 3.93. The smallest absolute Gasteiger partial charge is 0.130 e. The largest absolute Gasteiger partial charge is 0.384 e. The topological polar surface area (TPSA) is 99.0 Å². The zero-order valence-corrected chi connectivity index (χ0v) is 16.3. The number of carbonyl (C=O) groups is 1. The Balaban J connectivity index is 0.000000159. The van der Waals surface area contributed by atoms with Gasteiger partial charge in [0.2, 0.25) is 0 Å². The number of carbonyl (C=O) groups excluding carboxylic acids is 1. The number of nitrogens with zero attached hydrogens (tertiary/aromatic N) is 2. The Bertz CT molecular complexity index is 868. The molecule has 0 saturated carbocycles. The molecule has 2 aliphatic rings. The normalized spacial score (nSPS) is 23.4. The highest BCUT2D eigenvalue weighted by Crippen LogP contribution is 2.40. The van der Waals surface area contributed by atoms with Crippen molar-refractivity contribution in [3.8, 4) is 0 Å². The fraction of sp³-hybridized carbons (Fsp3) is 0.474. The monoisotopic (exact) mass is 393 g/mol. The molecule has 1 aromatic carbocycles. The number of fused-ring (bicyclic) bond motifs is 2. The molecule has 2 unspecified atom stereocenters. The van der Waals surface area contributed by atoms with E-state index in [0.717, 1.165) is 42.6 Å². The van der Waals surface area contributed by atoms with E-state index in [2.05, 4.69) is 10.4 Å². The van der Waals surface area contributed by atoms with Crippen molar-refractivity contribution in [3.05, 3.63) is 39.8 Å². The molecule has 4 rings (SSSR count). The molecule has 1 aliphatic carbocycles. The quantitative estimate of drug-likeness (QED) is 0.647. The number of anilines is 2. The summed E-state index contributed by atoms with van der Waals surface area (Å²) in [6.45, 7) is 2.48. The Morgan fingerprint density at radius 1 is 1.48 bits per heavy atom. The predicted octanol–water partition coefficient (Wildman–Crippen LogP) is 2.57. The summed E-state index contributed by atoms with van der Waals surface area (Å²) in [5, 5.41) is 7.74. The molecule has 146 valence electrons. The summed E-state index contributed by atoms with van der Waals surface area (Å²) in [5.74, 6) is 0.371. The van der Waals surface area contributed by atoms with Gasteiger partial charge in [-0.3, -0.25) is 4.68 Å². The van der Waals surface area contributed by atoms with Gasteiger partial charge < -0.3 is 21.6 Å². The van der Waals surface area contributed by atoms with E-state index in [4.69, 9.17) is 23.1 Å². The first kappa shape index (κ1) is 19.6. The van der Waals surface area contributed by atoms with Crippen LogP contribution in [0.1, 0.15) is 36.6 Å². The summed E-state index contributed by atoms with van der Waals surface area (Å²) < 4.78 is 14.9. The van der Waals surface area contributed by atoms with E-state index in [1.807, 2.05) is 7.05 Å². The van der Waals surface area contributed by atoms with Crippen molar-refractivity contribution in [2.24, 2.45) is 12.8 Å². The number of benzene rings is 1. The molecule has 0 amide bonds. The number of aryl methyl sites for hydroxylation is 2. The van der Waals surface area contributed by atoms with E-state index in [0.29, 0.717) is 29.2 Å². The van der Waals surface area contributed by atoms with Crippen molar-refractivity contribution in [3.63, 3.8) is 0 Å². The van der Waals surface area contributed by atoms with Gasteiger partial charge in [0, 0.05) is 25.2 Å². The second-order valence-electron chi connectivity index (χ2n) is 7.46. The number of nitrogens with one attached hydrogen (secondary N) is 1. The third-order valence-electron chi connectivity index (χ3n) is 5.37. The van der Waals surface area contributed by atoms with Gasteiger partial charge in [0.05, 0.1) is 21.8 Å². The Morgan fingerprint density at radius 2 is 2.22 bits per heavy atom. The lowest BCUT2D eigenvalue weighted by molar-refractivity contribution is -0.112. The Kier molecular flexibility index (Phi) is 5.44. The Hall–Kier alpha value is -2.12. The molecule has 5 N–H and O–H groups in total. The van der Waals surface area contributed by atoms with Gasteiger partial charge in [0.1, 0.15) is 17.9 Å². The van der Waals surface area contributed by atoms with E-state index in [-0.39, 0.29) is 6.04 Å². The van der Waals surface area contributed by atoms with Gasteiger partial charge in [-0.05, 0) is 50.3 Å². The van der Waals surface area contributed by atoms with Crippen LogP contribution in [0.5, 0.6) is 0 Å². The number of aromatic nitrogens is 2. The summed E-state index contributed by atoms with van der Waals surface area (Å²) >= 11 is 5.91. The van der Waals surface area contributed by atoms with Gasteiger partial charge in [0.25, 0.3) is 0 Å². The minimum Gasteiger partial charge on any atom is -0.384 e. The van der Waals surface area contributed by atoms with Gasteiger partial charge in [0.15, 0.2) is 0 Å². The van der Waals surface area contributed by atoms with Crippen molar-refractivity contribution < 1.29 is 9.18 Å². The third kappa shape index (κ3) is 3.80. The van der Waals surface area contributed by atoms with Crippen LogP contribution in [0.15, 0.2) is 12.1 Å². The number of halogens is 2. The molecule has 2 heterocycles. The van der Waals surface area contributed by atoms with Crippen molar-refractivity contribution in [2.75, 3.05) is 17.6 Å². The SMILES string of the molecule is CC1(C=O)CCNc2c(Cl)cc(F)cc21.Cn1nc2c(c1N)CC(N)CC2. The second kappa shape index (κ2) is 7.48. The lowest BCUT2D eigenvalue weighted by atomic mass is 9.78. The molecule has 0 spiro atoms. The highest BCUT2D eigenvalue weighted by molar-refractivity contribution is 6.33. The van der Waals surface area contributed by atoms with E-state index in [9.17, 15) is 9.18 Å². The number of nitrogen functional groups attached to an aromatic ring is 1. The maximum Gasteiger partial charge on any atom is 0.130 e. The van der Waals surface area contributed by atoms with Gasteiger partial charge in [-0.25, -0.2) is 4.39 Å². The molecule has 0 saturated heterocycles. The third-order valence-corrected chi connectivity index (χ3v) is 5.67. The molecule has 2 atom stereocenters. The molecular weight excluding hydrogens is 369 g/mol. The van der Waals surface area contributed by atoms with Crippen molar-refractivity contribution in [2.45, 2.75) is 44.1 Å². The molecule has 0 radical (unpaired) electrons. The molecule has 0 bridgehead atoms. The number of nitrogens with two attached hydrogens (primary N) is 2. The molecule has 1 aliphatic heterocycles. The number of hydrogen-bond donors (Lipinski definition) is 3. The first-order valence-corrected chi connectivity index (χ1v) is 9.38. The van der Waals surface area contributed by atoms with Crippen molar-refractivity contribution >= 4 is 29.4 Å². The number of hydrogen-bond acceptors (Lipinski definition) is 5. The van der Waals surface area contributed by atoms with Gasteiger partial charge in [-0.15, -0.1) is 0 Å². The second-order valence-corrected chi connectivity index (χ2v) is 7.87. The van der Waals surface area contributed by atoms with Crippen LogP contribution in [-0.2, 0) is 30.1 Å². The van der Waals surface area contributed by atoms with Crippen LogP contribution in [0.2, 0.25) is 5.02 Å². The fourth-order valence-electron chi connectivity index (χ4n) is 3.66. The van der Waals surface area contributed by atoms with E-state index < -0.39 is 11.2 Å². The van der Waals surface area contributed by atoms with Crippen LogP contribution in [0, 0.1) is 5.82 Å². The van der Waals surface area contributed by atoms with Crippen LogP contribution in [0.3, 0.4) is 0 Å². The minimum atomic E-state index is -0.633. The van der Waals surface area contributed by atoms with E-state index in [1.54, 1.807) is 11.6 Å². The summed E-state index contributed by atoms with van der Waals surface area (Å²) in [4.78, 5) is 11.1. The standard InChI is InChI=1S/C11H11ClFNO.C8H14N4/c1-11(6-15)2-3-14-10-8(11)4-7(13)5-9(10)12;1-12-8(10)6-4-5(9)2-3-7(6)11-12/h4-6,14H,2-3H2,1H3;5H,2-4,9-10H2,1H3. The molecule has 6 nitrogen and oxygen atoms in total.